The monoisotopic (exact) mass is 248 g/mol. The molecule has 0 spiro atoms. The Bertz CT molecular complexity index is 452. The number of nitrogens with zero attached hydrogens (tertiary/aromatic N) is 1. The molecule has 18 heavy (non-hydrogen) atoms. The van der Waals surface area contributed by atoms with Crippen LogP contribution in [0.3, 0.4) is 0 Å². The Hall–Kier alpha value is -2.06. The molecule has 1 aromatic rings. The van der Waals surface area contributed by atoms with Crippen molar-refractivity contribution in [3.8, 4) is 18.1 Å². The average Bonchev–Trinajstić information content (AvgIpc) is 2.37. The third kappa shape index (κ3) is 4.07. The Morgan fingerprint density at radius 3 is 2.94 bits per heavy atom. The van der Waals surface area contributed by atoms with Gasteiger partial charge in [-0.3, -0.25) is 10.1 Å². The van der Waals surface area contributed by atoms with Gasteiger partial charge in [0.15, 0.2) is 5.75 Å². The molecule has 96 valence electrons. The maximum atomic E-state index is 10.9. The van der Waals surface area contributed by atoms with E-state index >= 15 is 0 Å². The molecule has 0 radical (unpaired) electrons. The van der Waals surface area contributed by atoms with Crippen LogP contribution in [0.15, 0.2) is 18.2 Å². The Morgan fingerprint density at radius 2 is 2.33 bits per heavy atom. The number of terminal acetylenes is 1. The minimum atomic E-state index is -0.463. The zero-order valence-electron chi connectivity index (χ0n) is 10.3. The highest BCUT2D eigenvalue weighted by Crippen LogP contribution is 2.27. The molecule has 1 N–H and O–H groups in total. The third-order valence-corrected chi connectivity index (χ3v) is 2.29. The van der Waals surface area contributed by atoms with E-state index in [1.807, 2.05) is 0 Å². The van der Waals surface area contributed by atoms with E-state index in [2.05, 4.69) is 18.2 Å². The Labute approximate surface area is 106 Å². The van der Waals surface area contributed by atoms with Gasteiger partial charge >= 0.3 is 5.69 Å². The van der Waals surface area contributed by atoms with Gasteiger partial charge in [0.05, 0.1) is 4.92 Å². The van der Waals surface area contributed by atoms with Crippen molar-refractivity contribution in [3.05, 3.63) is 33.9 Å². The molecule has 0 aliphatic carbocycles. The van der Waals surface area contributed by atoms with Gasteiger partial charge in [-0.05, 0) is 24.6 Å². The summed E-state index contributed by atoms with van der Waals surface area (Å²) in [5.74, 6) is 2.49. The standard InChI is InChI=1S/C13H16N2O3/c1-3-7-14-10-11-5-6-13(18-8-4-2)12(9-11)15(16)17/h2,5-6,9,14H,3,7-8,10H2,1H3. The highest BCUT2D eigenvalue weighted by Gasteiger charge is 2.15. The van der Waals surface area contributed by atoms with E-state index in [1.54, 1.807) is 12.1 Å². The predicted octanol–water partition coefficient (Wildman–Crippen LogP) is 2.11. The molecule has 0 aromatic heterocycles. The first-order valence-corrected chi connectivity index (χ1v) is 5.73. The zero-order chi connectivity index (χ0) is 13.4. The van der Waals surface area contributed by atoms with Gasteiger partial charge < -0.3 is 10.1 Å². The van der Waals surface area contributed by atoms with Crippen molar-refractivity contribution >= 4 is 5.69 Å². The minimum Gasteiger partial charge on any atom is -0.474 e. The highest BCUT2D eigenvalue weighted by molar-refractivity contribution is 5.48. The van der Waals surface area contributed by atoms with Crippen LogP contribution in [0.4, 0.5) is 5.69 Å². The summed E-state index contributed by atoms with van der Waals surface area (Å²) in [6.45, 7) is 3.56. The fourth-order valence-corrected chi connectivity index (χ4v) is 1.47. The summed E-state index contributed by atoms with van der Waals surface area (Å²) in [6.07, 6.45) is 6.08. The molecule has 0 aliphatic rings. The van der Waals surface area contributed by atoms with E-state index in [1.165, 1.54) is 6.07 Å². The van der Waals surface area contributed by atoms with Crippen molar-refractivity contribution in [1.29, 1.82) is 0 Å². The topological polar surface area (TPSA) is 64.4 Å². The number of nitro benzene ring substituents is 1. The summed E-state index contributed by atoms with van der Waals surface area (Å²) in [5, 5.41) is 14.1. The Balaban J connectivity index is 2.82. The summed E-state index contributed by atoms with van der Waals surface area (Å²) < 4.78 is 5.13. The van der Waals surface area contributed by atoms with E-state index in [4.69, 9.17) is 11.2 Å². The summed E-state index contributed by atoms with van der Waals surface area (Å²) in [4.78, 5) is 10.5. The van der Waals surface area contributed by atoms with Crippen molar-refractivity contribution in [2.45, 2.75) is 19.9 Å². The molecule has 0 saturated carbocycles. The molecule has 0 bridgehead atoms. The van der Waals surface area contributed by atoms with Gasteiger partial charge in [0, 0.05) is 12.6 Å². The smallest absolute Gasteiger partial charge is 0.311 e. The molecule has 5 heteroatoms. The maximum Gasteiger partial charge on any atom is 0.311 e. The van der Waals surface area contributed by atoms with Crippen molar-refractivity contribution < 1.29 is 9.66 Å². The number of ether oxygens (including phenoxy) is 1. The lowest BCUT2D eigenvalue weighted by Crippen LogP contribution is -2.13. The van der Waals surface area contributed by atoms with Crippen LogP contribution in [-0.2, 0) is 6.54 Å². The minimum absolute atomic E-state index is 0.0221. The van der Waals surface area contributed by atoms with Gasteiger partial charge in [-0.15, -0.1) is 6.42 Å². The molecular weight excluding hydrogens is 232 g/mol. The van der Waals surface area contributed by atoms with Crippen LogP contribution in [0.1, 0.15) is 18.9 Å². The summed E-state index contributed by atoms with van der Waals surface area (Å²) in [7, 11) is 0. The predicted molar refractivity (Wildman–Crippen MR) is 69.4 cm³/mol. The van der Waals surface area contributed by atoms with E-state index < -0.39 is 4.92 Å². The number of nitro groups is 1. The van der Waals surface area contributed by atoms with Crippen molar-refractivity contribution in [3.63, 3.8) is 0 Å². The maximum absolute atomic E-state index is 10.9. The van der Waals surface area contributed by atoms with Crippen molar-refractivity contribution in [1.82, 2.24) is 5.32 Å². The van der Waals surface area contributed by atoms with Gasteiger partial charge in [0.25, 0.3) is 0 Å². The first kappa shape index (κ1) is 14.0. The molecular formula is C13H16N2O3. The van der Waals surface area contributed by atoms with Crippen LogP contribution in [-0.4, -0.2) is 18.1 Å². The van der Waals surface area contributed by atoms with Crippen LogP contribution in [0.2, 0.25) is 0 Å². The molecule has 0 amide bonds. The van der Waals surface area contributed by atoms with Crippen molar-refractivity contribution in [2.75, 3.05) is 13.2 Å². The normalized spacial score (nSPS) is 9.78. The third-order valence-electron chi connectivity index (χ3n) is 2.29. The summed E-state index contributed by atoms with van der Waals surface area (Å²) >= 11 is 0. The highest BCUT2D eigenvalue weighted by atomic mass is 16.6. The van der Waals surface area contributed by atoms with E-state index in [-0.39, 0.29) is 18.0 Å². The van der Waals surface area contributed by atoms with Gasteiger partial charge in [0.2, 0.25) is 0 Å². The van der Waals surface area contributed by atoms with Gasteiger partial charge in [-0.25, -0.2) is 0 Å². The zero-order valence-corrected chi connectivity index (χ0v) is 10.3. The largest absolute Gasteiger partial charge is 0.474 e. The van der Waals surface area contributed by atoms with Crippen molar-refractivity contribution in [2.24, 2.45) is 0 Å². The lowest BCUT2D eigenvalue weighted by molar-refractivity contribution is -0.385. The van der Waals surface area contributed by atoms with Crippen LogP contribution in [0.25, 0.3) is 0 Å². The molecule has 0 heterocycles. The fraction of sp³-hybridized carbons (Fsp3) is 0.385. The SMILES string of the molecule is C#CCOc1ccc(CNCCC)cc1[N+](=O)[O-]. The second-order valence-corrected chi connectivity index (χ2v) is 3.73. The lowest BCUT2D eigenvalue weighted by Gasteiger charge is -2.07. The summed E-state index contributed by atoms with van der Waals surface area (Å²) in [5.41, 5.74) is 0.796. The van der Waals surface area contributed by atoms with Crippen LogP contribution >= 0.6 is 0 Å². The van der Waals surface area contributed by atoms with Crippen LogP contribution < -0.4 is 10.1 Å². The molecule has 0 saturated heterocycles. The van der Waals surface area contributed by atoms with E-state index in [0.29, 0.717) is 6.54 Å². The lowest BCUT2D eigenvalue weighted by atomic mass is 10.2. The Morgan fingerprint density at radius 1 is 1.56 bits per heavy atom. The van der Waals surface area contributed by atoms with Gasteiger partial charge in [-0.2, -0.15) is 0 Å². The van der Waals surface area contributed by atoms with Gasteiger partial charge in [-0.1, -0.05) is 18.9 Å². The Kier molecular flexibility index (Phi) is 5.68. The van der Waals surface area contributed by atoms with Crippen LogP contribution in [0.5, 0.6) is 5.75 Å². The van der Waals surface area contributed by atoms with Crippen LogP contribution in [0, 0.1) is 22.5 Å². The second-order valence-electron chi connectivity index (χ2n) is 3.73. The molecule has 0 fully saturated rings. The molecule has 0 atom stereocenters. The average molecular weight is 248 g/mol. The molecule has 0 unspecified atom stereocenters. The number of nitrogens with one attached hydrogen (secondary N) is 1. The van der Waals surface area contributed by atoms with Gasteiger partial charge in [0.1, 0.15) is 6.61 Å². The molecule has 1 aromatic carbocycles. The second kappa shape index (κ2) is 7.30. The fourth-order valence-electron chi connectivity index (χ4n) is 1.47. The van der Waals surface area contributed by atoms with E-state index in [9.17, 15) is 10.1 Å². The quantitative estimate of drug-likeness (QED) is 0.347. The van der Waals surface area contributed by atoms with E-state index in [0.717, 1.165) is 18.5 Å². The number of hydrogen-bond donors (Lipinski definition) is 1. The number of hydrogen-bond acceptors (Lipinski definition) is 4. The first-order valence-electron chi connectivity index (χ1n) is 5.73. The molecule has 5 nitrogen and oxygen atoms in total. The number of rotatable bonds is 7. The molecule has 0 aliphatic heterocycles. The summed E-state index contributed by atoms with van der Waals surface area (Å²) in [6, 6.07) is 4.88. The molecule has 1 rings (SSSR count). The number of benzene rings is 1. The first-order chi connectivity index (χ1) is 8.69.